The Kier molecular flexibility index (Phi) is 8.23. The SMILES string of the molecule is CC(C)[C@H](NC(=O)Cc1ccccc1)C(=O)O[C@H](C)C(=O)N1[C@H](C)CCC[C@H]1C. The van der Waals surface area contributed by atoms with E-state index in [0.717, 1.165) is 24.8 Å². The van der Waals surface area contributed by atoms with Crippen LogP contribution in [0.2, 0.25) is 0 Å². The van der Waals surface area contributed by atoms with E-state index < -0.39 is 18.1 Å². The van der Waals surface area contributed by atoms with E-state index in [4.69, 9.17) is 4.74 Å². The van der Waals surface area contributed by atoms with Gasteiger partial charge in [-0.05, 0) is 51.5 Å². The minimum Gasteiger partial charge on any atom is -0.451 e. The number of esters is 1. The van der Waals surface area contributed by atoms with Crippen molar-refractivity contribution in [1.29, 1.82) is 0 Å². The lowest BCUT2D eigenvalue weighted by Gasteiger charge is -2.40. The molecule has 4 atom stereocenters. The highest BCUT2D eigenvalue weighted by atomic mass is 16.5. The van der Waals surface area contributed by atoms with Crippen LogP contribution in [-0.2, 0) is 25.5 Å². The Morgan fingerprint density at radius 3 is 2.21 bits per heavy atom. The zero-order valence-corrected chi connectivity index (χ0v) is 18.2. The summed E-state index contributed by atoms with van der Waals surface area (Å²) in [5.74, 6) is -1.14. The summed E-state index contributed by atoms with van der Waals surface area (Å²) >= 11 is 0. The van der Waals surface area contributed by atoms with Crippen LogP contribution < -0.4 is 5.32 Å². The molecule has 1 aliphatic rings. The maximum Gasteiger partial charge on any atom is 0.329 e. The summed E-state index contributed by atoms with van der Waals surface area (Å²) in [5.41, 5.74) is 0.873. The van der Waals surface area contributed by atoms with Crippen molar-refractivity contribution in [3.8, 4) is 0 Å². The summed E-state index contributed by atoms with van der Waals surface area (Å²) in [7, 11) is 0. The number of nitrogens with one attached hydrogen (secondary N) is 1. The molecule has 1 heterocycles. The third-order valence-electron chi connectivity index (χ3n) is 5.53. The van der Waals surface area contributed by atoms with Gasteiger partial charge in [0, 0.05) is 12.1 Å². The second kappa shape index (κ2) is 10.4. The minimum atomic E-state index is -0.877. The number of hydrogen-bond donors (Lipinski definition) is 1. The molecule has 0 bridgehead atoms. The summed E-state index contributed by atoms with van der Waals surface area (Å²) in [6.07, 6.45) is 2.33. The molecule has 0 radical (unpaired) electrons. The number of nitrogens with zero attached hydrogens (tertiary/aromatic N) is 1. The van der Waals surface area contributed by atoms with Gasteiger partial charge in [-0.2, -0.15) is 0 Å². The molecule has 1 saturated heterocycles. The standard InChI is InChI=1S/C23H34N2O4/c1-15(2)21(24-20(26)14-19-12-7-6-8-13-19)23(28)29-18(5)22(27)25-16(3)10-9-11-17(25)4/h6-8,12-13,15-18,21H,9-11,14H2,1-5H3,(H,24,26)/t16-,17-,18-,21+/m1/s1. The number of carbonyl (C=O) groups excluding carboxylic acids is 3. The molecule has 1 aromatic rings. The van der Waals surface area contributed by atoms with E-state index in [-0.39, 0.29) is 36.2 Å². The van der Waals surface area contributed by atoms with Crippen molar-refractivity contribution < 1.29 is 19.1 Å². The Bertz CT molecular complexity index is 694. The van der Waals surface area contributed by atoms with Gasteiger partial charge in [-0.25, -0.2) is 4.79 Å². The van der Waals surface area contributed by atoms with Crippen molar-refractivity contribution >= 4 is 17.8 Å². The number of benzene rings is 1. The van der Waals surface area contributed by atoms with E-state index in [1.54, 1.807) is 6.92 Å². The van der Waals surface area contributed by atoms with Gasteiger partial charge >= 0.3 is 5.97 Å². The molecular formula is C23H34N2O4. The van der Waals surface area contributed by atoms with Gasteiger partial charge in [0.25, 0.3) is 5.91 Å². The van der Waals surface area contributed by atoms with E-state index in [2.05, 4.69) is 5.32 Å². The number of hydrogen-bond acceptors (Lipinski definition) is 4. The van der Waals surface area contributed by atoms with Gasteiger partial charge in [0.05, 0.1) is 6.42 Å². The molecule has 0 aliphatic carbocycles. The molecule has 0 spiro atoms. The molecule has 2 amide bonds. The van der Waals surface area contributed by atoms with Gasteiger partial charge in [-0.15, -0.1) is 0 Å². The molecule has 6 heteroatoms. The van der Waals surface area contributed by atoms with Gasteiger partial charge in [-0.3, -0.25) is 9.59 Å². The average molecular weight is 403 g/mol. The van der Waals surface area contributed by atoms with Crippen LogP contribution in [0.25, 0.3) is 0 Å². The zero-order valence-electron chi connectivity index (χ0n) is 18.2. The van der Waals surface area contributed by atoms with Crippen LogP contribution in [0.15, 0.2) is 30.3 Å². The lowest BCUT2D eigenvalue weighted by Crippen LogP contribution is -2.53. The summed E-state index contributed by atoms with van der Waals surface area (Å²) < 4.78 is 5.49. The van der Waals surface area contributed by atoms with Gasteiger partial charge in [0.1, 0.15) is 6.04 Å². The van der Waals surface area contributed by atoms with E-state index in [0.29, 0.717) is 0 Å². The Morgan fingerprint density at radius 1 is 1.07 bits per heavy atom. The first-order valence-electron chi connectivity index (χ1n) is 10.6. The number of amides is 2. The highest BCUT2D eigenvalue weighted by molar-refractivity contribution is 5.88. The molecule has 1 fully saturated rings. The predicted molar refractivity (Wildman–Crippen MR) is 112 cm³/mol. The molecule has 6 nitrogen and oxygen atoms in total. The topological polar surface area (TPSA) is 75.7 Å². The minimum absolute atomic E-state index is 0.138. The first-order valence-corrected chi connectivity index (χ1v) is 10.6. The Hall–Kier alpha value is -2.37. The summed E-state index contributed by atoms with van der Waals surface area (Å²) in [6.45, 7) is 9.36. The largest absolute Gasteiger partial charge is 0.451 e. The van der Waals surface area contributed by atoms with Crippen LogP contribution in [0, 0.1) is 5.92 Å². The molecule has 0 aromatic heterocycles. The molecule has 29 heavy (non-hydrogen) atoms. The van der Waals surface area contributed by atoms with Crippen LogP contribution >= 0.6 is 0 Å². The Morgan fingerprint density at radius 2 is 1.66 bits per heavy atom. The first-order chi connectivity index (χ1) is 13.7. The number of ether oxygens (including phenoxy) is 1. The normalized spacial score (nSPS) is 21.4. The third-order valence-corrected chi connectivity index (χ3v) is 5.53. The van der Waals surface area contributed by atoms with Crippen molar-refractivity contribution in [3.63, 3.8) is 0 Å². The molecule has 1 aliphatic heterocycles. The van der Waals surface area contributed by atoms with Crippen molar-refractivity contribution in [2.75, 3.05) is 0 Å². The van der Waals surface area contributed by atoms with Crippen LogP contribution in [0.3, 0.4) is 0 Å². The van der Waals surface area contributed by atoms with Crippen LogP contribution in [0.4, 0.5) is 0 Å². The summed E-state index contributed by atoms with van der Waals surface area (Å²) in [6, 6.07) is 8.83. The monoisotopic (exact) mass is 402 g/mol. The number of likely N-dealkylation sites (tertiary alicyclic amines) is 1. The fourth-order valence-electron chi connectivity index (χ4n) is 3.87. The highest BCUT2D eigenvalue weighted by Gasteiger charge is 2.35. The molecule has 160 valence electrons. The fourth-order valence-corrected chi connectivity index (χ4v) is 3.87. The summed E-state index contributed by atoms with van der Waals surface area (Å²) in [4.78, 5) is 39.8. The smallest absolute Gasteiger partial charge is 0.329 e. The zero-order chi connectivity index (χ0) is 21.6. The second-order valence-corrected chi connectivity index (χ2v) is 8.41. The summed E-state index contributed by atoms with van der Waals surface area (Å²) in [5, 5.41) is 2.77. The van der Waals surface area contributed by atoms with E-state index in [1.807, 2.05) is 62.9 Å². The first kappa shape index (κ1) is 22.9. The van der Waals surface area contributed by atoms with Crippen LogP contribution in [0.1, 0.15) is 59.4 Å². The van der Waals surface area contributed by atoms with Crippen molar-refractivity contribution in [3.05, 3.63) is 35.9 Å². The molecule has 1 N–H and O–H groups in total. The molecule has 1 aromatic carbocycles. The molecule has 0 unspecified atom stereocenters. The number of piperidine rings is 1. The third kappa shape index (κ3) is 6.31. The van der Waals surface area contributed by atoms with Gasteiger partial charge in [0.15, 0.2) is 6.10 Å². The lowest BCUT2D eigenvalue weighted by atomic mass is 9.97. The maximum atomic E-state index is 12.9. The lowest BCUT2D eigenvalue weighted by molar-refractivity contribution is -0.165. The van der Waals surface area contributed by atoms with Gasteiger partial charge in [-0.1, -0.05) is 44.2 Å². The molecular weight excluding hydrogens is 368 g/mol. The van der Waals surface area contributed by atoms with E-state index >= 15 is 0 Å². The van der Waals surface area contributed by atoms with Crippen LogP contribution in [-0.4, -0.2) is 46.9 Å². The molecule has 2 rings (SSSR count). The van der Waals surface area contributed by atoms with Gasteiger partial charge < -0.3 is 15.0 Å². The average Bonchev–Trinajstić information content (AvgIpc) is 2.66. The number of rotatable bonds is 7. The van der Waals surface area contributed by atoms with Crippen LogP contribution in [0.5, 0.6) is 0 Å². The number of carbonyl (C=O) groups is 3. The van der Waals surface area contributed by atoms with Crippen molar-refractivity contribution in [1.82, 2.24) is 10.2 Å². The van der Waals surface area contributed by atoms with Crippen molar-refractivity contribution in [2.45, 2.75) is 84.5 Å². The quantitative estimate of drug-likeness (QED) is 0.711. The second-order valence-electron chi connectivity index (χ2n) is 8.41. The highest BCUT2D eigenvalue weighted by Crippen LogP contribution is 2.24. The van der Waals surface area contributed by atoms with E-state index in [9.17, 15) is 14.4 Å². The van der Waals surface area contributed by atoms with E-state index in [1.165, 1.54) is 0 Å². The molecule has 0 saturated carbocycles. The van der Waals surface area contributed by atoms with Crippen molar-refractivity contribution in [2.24, 2.45) is 5.92 Å². The fraction of sp³-hybridized carbons (Fsp3) is 0.609. The van der Waals surface area contributed by atoms with Gasteiger partial charge in [0.2, 0.25) is 5.91 Å². The maximum absolute atomic E-state index is 12.9. The predicted octanol–water partition coefficient (Wildman–Crippen LogP) is 3.09. The Balaban J connectivity index is 1.97. The Labute approximate surface area is 174 Å².